The van der Waals surface area contributed by atoms with Gasteiger partial charge in [-0.25, -0.2) is 4.98 Å². The van der Waals surface area contributed by atoms with Gasteiger partial charge in [-0.05, 0) is 24.0 Å². The molecule has 1 atom stereocenters. The highest BCUT2D eigenvalue weighted by Crippen LogP contribution is 2.29. The molecular formula is C14H15NO2S. The predicted octanol–water partition coefficient (Wildman–Crippen LogP) is 3.70. The molecule has 2 rings (SSSR count). The summed E-state index contributed by atoms with van der Waals surface area (Å²) in [6, 6.07) is 8.08. The molecule has 0 spiro atoms. The molecule has 0 unspecified atom stereocenters. The highest BCUT2D eigenvalue weighted by molar-refractivity contribution is 7.13. The second-order valence-electron chi connectivity index (χ2n) is 4.39. The number of rotatable bonds is 4. The predicted molar refractivity (Wildman–Crippen MR) is 73.0 cm³/mol. The minimum atomic E-state index is -0.759. The topological polar surface area (TPSA) is 50.2 Å². The van der Waals surface area contributed by atoms with Crippen LogP contribution in [0.25, 0.3) is 10.4 Å². The van der Waals surface area contributed by atoms with E-state index in [0.717, 1.165) is 16.8 Å². The molecule has 1 N–H and O–H groups in total. The van der Waals surface area contributed by atoms with Crippen LogP contribution in [-0.2, 0) is 4.79 Å². The molecule has 0 bridgehead atoms. The molecule has 0 amide bonds. The maximum absolute atomic E-state index is 10.7. The Hall–Kier alpha value is -1.68. The molecule has 4 heteroatoms. The minimum Gasteiger partial charge on any atom is -0.481 e. The van der Waals surface area contributed by atoms with E-state index in [1.807, 2.05) is 43.6 Å². The van der Waals surface area contributed by atoms with Crippen molar-refractivity contribution in [2.75, 3.05) is 0 Å². The number of nitrogens with zero attached hydrogens (tertiary/aromatic N) is 1. The van der Waals surface area contributed by atoms with Crippen LogP contribution in [0.15, 0.2) is 29.8 Å². The molecule has 1 aromatic heterocycles. The number of aliphatic carboxylic acids is 1. The van der Waals surface area contributed by atoms with E-state index in [-0.39, 0.29) is 12.3 Å². The van der Waals surface area contributed by atoms with E-state index in [9.17, 15) is 4.79 Å². The Balaban J connectivity index is 2.20. The number of thiazole rings is 1. The van der Waals surface area contributed by atoms with Crippen LogP contribution < -0.4 is 0 Å². The Morgan fingerprint density at radius 1 is 1.39 bits per heavy atom. The van der Waals surface area contributed by atoms with Gasteiger partial charge < -0.3 is 5.11 Å². The van der Waals surface area contributed by atoms with E-state index in [2.05, 4.69) is 4.98 Å². The van der Waals surface area contributed by atoms with E-state index in [4.69, 9.17) is 5.11 Å². The molecule has 0 aliphatic carbocycles. The van der Waals surface area contributed by atoms with E-state index in [1.54, 1.807) is 11.3 Å². The van der Waals surface area contributed by atoms with E-state index < -0.39 is 5.97 Å². The van der Waals surface area contributed by atoms with Gasteiger partial charge in [0.25, 0.3) is 0 Å². The molecule has 0 radical (unpaired) electrons. The van der Waals surface area contributed by atoms with Crippen molar-refractivity contribution in [3.05, 3.63) is 41.0 Å². The smallest absolute Gasteiger partial charge is 0.303 e. The van der Waals surface area contributed by atoms with Crippen LogP contribution in [0.3, 0.4) is 0 Å². The van der Waals surface area contributed by atoms with Crippen LogP contribution in [0.2, 0.25) is 0 Å². The first kappa shape index (κ1) is 12.8. The highest BCUT2D eigenvalue weighted by atomic mass is 32.1. The molecule has 0 saturated heterocycles. The normalized spacial score (nSPS) is 12.3. The lowest BCUT2D eigenvalue weighted by atomic mass is 9.96. The number of carboxylic acids is 1. The third-order valence-electron chi connectivity index (χ3n) is 2.97. The van der Waals surface area contributed by atoms with E-state index >= 15 is 0 Å². The SMILES string of the molecule is Cc1ncsc1-c1ccc([C@@H](C)CC(=O)O)cc1. The molecular weight excluding hydrogens is 246 g/mol. The zero-order chi connectivity index (χ0) is 13.1. The number of aromatic nitrogens is 1. The van der Waals surface area contributed by atoms with Crippen molar-refractivity contribution >= 4 is 17.3 Å². The van der Waals surface area contributed by atoms with Crippen molar-refractivity contribution < 1.29 is 9.90 Å². The first-order chi connectivity index (χ1) is 8.58. The fraction of sp³-hybridized carbons (Fsp3) is 0.286. The molecule has 0 aliphatic heterocycles. The number of benzene rings is 1. The van der Waals surface area contributed by atoms with Gasteiger partial charge in [-0.3, -0.25) is 4.79 Å². The zero-order valence-electron chi connectivity index (χ0n) is 10.4. The average molecular weight is 261 g/mol. The summed E-state index contributed by atoms with van der Waals surface area (Å²) in [5.41, 5.74) is 5.07. The highest BCUT2D eigenvalue weighted by Gasteiger charge is 2.11. The number of hydrogen-bond acceptors (Lipinski definition) is 3. The molecule has 1 aromatic carbocycles. The van der Waals surface area contributed by atoms with Crippen LogP contribution >= 0.6 is 11.3 Å². The van der Waals surface area contributed by atoms with Gasteiger partial charge in [-0.1, -0.05) is 31.2 Å². The lowest BCUT2D eigenvalue weighted by molar-refractivity contribution is -0.137. The monoisotopic (exact) mass is 261 g/mol. The van der Waals surface area contributed by atoms with Gasteiger partial charge in [0.05, 0.1) is 22.5 Å². The molecule has 0 fully saturated rings. The Morgan fingerprint density at radius 2 is 2.06 bits per heavy atom. The molecule has 3 nitrogen and oxygen atoms in total. The second-order valence-corrected chi connectivity index (χ2v) is 5.24. The van der Waals surface area contributed by atoms with Gasteiger partial charge in [-0.2, -0.15) is 0 Å². The Bertz CT molecular complexity index is 545. The maximum Gasteiger partial charge on any atom is 0.303 e. The van der Waals surface area contributed by atoms with Crippen LogP contribution in [0.1, 0.15) is 30.5 Å². The second kappa shape index (κ2) is 5.31. The molecule has 18 heavy (non-hydrogen) atoms. The molecule has 2 aromatic rings. The fourth-order valence-corrected chi connectivity index (χ4v) is 2.73. The Labute approximate surface area is 110 Å². The van der Waals surface area contributed by atoms with Crippen molar-refractivity contribution in [3.8, 4) is 10.4 Å². The summed E-state index contributed by atoms with van der Waals surface area (Å²) >= 11 is 1.62. The lowest BCUT2D eigenvalue weighted by Gasteiger charge is -2.09. The van der Waals surface area contributed by atoms with Crippen molar-refractivity contribution in [1.82, 2.24) is 4.98 Å². The summed E-state index contributed by atoms with van der Waals surface area (Å²) in [7, 11) is 0. The number of carbonyl (C=O) groups is 1. The summed E-state index contributed by atoms with van der Waals surface area (Å²) in [4.78, 5) is 16.1. The van der Waals surface area contributed by atoms with Gasteiger partial charge in [0.15, 0.2) is 0 Å². The van der Waals surface area contributed by atoms with Crippen LogP contribution in [0.4, 0.5) is 0 Å². The van der Waals surface area contributed by atoms with Crippen molar-refractivity contribution in [2.45, 2.75) is 26.2 Å². The summed E-state index contributed by atoms with van der Waals surface area (Å²) in [6.45, 7) is 3.92. The van der Waals surface area contributed by atoms with Gasteiger partial charge in [0, 0.05) is 0 Å². The molecule has 1 heterocycles. The lowest BCUT2D eigenvalue weighted by Crippen LogP contribution is -2.02. The van der Waals surface area contributed by atoms with Gasteiger partial charge in [0.2, 0.25) is 0 Å². The average Bonchev–Trinajstić information content (AvgIpc) is 2.75. The maximum atomic E-state index is 10.7. The van der Waals surface area contributed by atoms with Gasteiger partial charge >= 0.3 is 5.97 Å². The van der Waals surface area contributed by atoms with Crippen molar-refractivity contribution in [3.63, 3.8) is 0 Å². The Morgan fingerprint density at radius 3 is 2.56 bits per heavy atom. The van der Waals surface area contributed by atoms with E-state index in [1.165, 1.54) is 4.88 Å². The first-order valence-electron chi connectivity index (χ1n) is 5.80. The zero-order valence-corrected chi connectivity index (χ0v) is 11.2. The summed E-state index contributed by atoms with van der Waals surface area (Å²) in [6.07, 6.45) is 0.166. The quantitative estimate of drug-likeness (QED) is 0.913. The van der Waals surface area contributed by atoms with Crippen molar-refractivity contribution in [2.24, 2.45) is 0 Å². The number of aryl methyl sites for hydroxylation is 1. The standard InChI is InChI=1S/C14H15NO2S/c1-9(7-13(16)17)11-3-5-12(6-4-11)14-10(2)15-8-18-14/h3-6,8-9H,7H2,1-2H3,(H,16,17)/t9-/m0/s1. The number of carboxylic acid groups (broad SMARTS) is 1. The van der Waals surface area contributed by atoms with Gasteiger partial charge in [-0.15, -0.1) is 11.3 Å². The molecule has 0 aliphatic rings. The fourth-order valence-electron chi connectivity index (χ4n) is 1.92. The van der Waals surface area contributed by atoms with Crippen LogP contribution in [-0.4, -0.2) is 16.1 Å². The minimum absolute atomic E-state index is 0.0408. The van der Waals surface area contributed by atoms with E-state index in [0.29, 0.717) is 0 Å². The van der Waals surface area contributed by atoms with Crippen molar-refractivity contribution in [1.29, 1.82) is 0 Å². The third kappa shape index (κ3) is 2.76. The third-order valence-corrected chi connectivity index (χ3v) is 3.95. The molecule has 0 saturated carbocycles. The summed E-state index contributed by atoms with van der Waals surface area (Å²) in [5, 5.41) is 8.78. The van der Waals surface area contributed by atoms with Crippen LogP contribution in [0.5, 0.6) is 0 Å². The largest absolute Gasteiger partial charge is 0.481 e. The Kier molecular flexibility index (Phi) is 3.77. The summed E-state index contributed by atoms with van der Waals surface area (Å²) < 4.78 is 0. The first-order valence-corrected chi connectivity index (χ1v) is 6.68. The number of hydrogen-bond donors (Lipinski definition) is 1. The van der Waals surface area contributed by atoms with Gasteiger partial charge in [0.1, 0.15) is 0 Å². The van der Waals surface area contributed by atoms with Crippen LogP contribution in [0, 0.1) is 6.92 Å². The molecule has 94 valence electrons. The summed E-state index contributed by atoms with van der Waals surface area (Å²) in [5.74, 6) is -0.719.